The van der Waals surface area contributed by atoms with Crippen LogP contribution >= 0.6 is 11.9 Å². The molecule has 2 fully saturated rings. The van der Waals surface area contributed by atoms with E-state index < -0.39 is 0 Å². The van der Waals surface area contributed by atoms with E-state index in [0.29, 0.717) is 0 Å². The van der Waals surface area contributed by atoms with E-state index in [9.17, 15) is 0 Å². The fourth-order valence-corrected chi connectivity index (χ4v) is 2.99. The maximum Gasteiger partial charge on any atom is 0.182 e. The summed E-state index contributed by atoms with van der Waals surface area (Å²) in [6.45, 7) is 14.6. The Kier molecular flexibility index (Phi) is 3.93. The Hall–Kier alpha value is -0.350. The van der Waals surface area contributed by atoms with Crippen molar-refractivity contribution in [3.05, 3.63) is 12.5 Å². The summed E-state index contributed by atoms with van der Waals surface area (Å²) in [4.78, 5) is 2.26. The Labute approximate surface area is 109 Å². The Morgan fingerprint density at radius 1 is 1.18 bits per heavy atom. The van der Waals surface area contributed by atoms with E-state index in [0.717, 1.165) is 37.3 Å². The Morgan fingerprint density at radius 2 is 1.76 bits per heavy atom. The SMILES string of the molecule is C=C(OC(C)(C)C)N1CCN(SC2CC2)CC1. The van der Waals surface area contributed by atoms with Gasteiger partial charge in [-0.2, -0.15) is 0 Å². The summed E-state index contributed by atoms with van der Waals surface area (Å²) in [5.74, 6) is 0.827. The van der Waals surface area contributed by atoms with Crippen LogP contribution in [0.1, 0.15) is 33.6 Å². The molecular formula is C13H24N2OS. The molecule has 0 aromatic carbocycles. The minimum absolute atomic E-state index is 0.142. The second-order valence-electron chi connectivity index (χ2n) is 5.83. The van der Waals surface area contributed by atoms with Crippen LogP contribution in [-0.4, -0.2) is 46.2 Å². The summed E-state index contributed by atoms with van der Waals surface area (Å²) in [6, 6.07) is 0. The van der Waals surface area contributed by atoms with Crippen molar-refractivity contribution < 1.29 is 4.74 Å². The molecule has 1 aliphatic heterocycles. The van der Waals surface area contributed by atoms with Gasteiger partial charge in [-0.3, -0.25) is 0 Å². The highest BCUT2D eigenvalue weighted by Gasteiger charge is 2.28. The molecule has 1 aliphatic carbocycles. The quantitative estimate of drug-likeness (QED) is 0.567. The van der Waals surface area contributed by atoms with Crippen molar-refractivity contribution in [2.45, 2.75) is 44.5 Å². The highest BCUT2D eigenvalue weighted by Crippen LogP contribution is 2.36. The van der Waals surface area contributed by atoms with Crippen molar-refractivity contribution in [3.63, 3.8) is 0 Å². The van der Waals surface area contributed by atoms with Crippen molar-refractivity contribution in [2.75, 3.05) is 26.2 Å². The number of nitrogens with zero attached hydrogens (tertiary/aromatic N) is 2. The van der Waals surface area contributed by atoms with E-state index in [-0.39, 0.29) is 5.60 Å². The van der Waals surface area contributed by atoms with Gasteiger partial charge in [-0.15, -0.1) is 0 Å². The third-order valence-electron chi connectivity index (χ3n) is 2.84. The minimum atomic E-state index is -0.142. The maximum absolute atomic E-state index is 5.81. The highest BCUT2D eigenvalue weighted by atomic mass is 32.2. The lowest BCUT2D eigenvalue weighted by molar-refractivity contribution is -0.00370. The van der Waals surface area contributed by atoms with E-state index >= 15 is 0 Å². The van der Waals surface area contributed by atoms with Crippen molar-refractivity contribution >= 4 is 11.9 Å². The monoisotopic (exact) mass is 256 g/mol. The fraction of sp³-hybridized carbons (Fsp3) is 0.846. The second kappa shape index (κ2) is 5.11. The van der Waals surface area contributed by atoms with E-state index in [4.69, 9.17) is 4.74 Å². The molecule has 1 heterocycles. The molecule has 0 aromatic rings. The molecule has 0 amide bonds. The van der Waals surface area contributed by atoms with E-state index in [1.54, 1.807) is 0 Å². The zero-order chi connectivity index (χ0) is 12.5. The summed E-state index contributed by atoms with van der Waals surface area (Å²) in [5.41, 5.74) is -0.142. The summed E-state index contributed by atoms with van der Waals surface area (Å²) >= 11 is 2.05. The van der Waals surface area contributed by atoms with Crippen molar-refractivity contribution in [1.82, 2.24) is 9.21 Å². The first-order chi connectivity index (χ1) is 7.94. The van der Waals surface area contributed by atoms with Crippen molar-refractivity contribution in [1.29, 1.82) is 0 Å². The molecule has 0 aromatic heterocycles. The normalized spacial score (nSPS) is 22.6. The fourth-order valence-electron chi connectivity index (χ4n) is 1.85. The largest absolute Gasteiger partial charge is 0.474 e. The average molecular weight is 256 g/mol. The summed E-state index contributed by atoms with van der Waals surface area (Å²) < 4.78 is 8.31. The van der Waals surface area contributed by atoms with Gasteiger partial charge in [-0.1, -0.05) is 11.9 Å². The Balaban J connectivity index is 1.72. The molecule has 0 bridgehead atoms. The molecule has 2 rings (SSSR count). The van der Waals surface area contributed by atoms with Gasteiger partial charge in [0.2, 0.25) is 0 Å². The predicted molar refractivity (Wildman–Crippen MR) is 73.7 cm³/mol. The molecule has 0 atom stereocenters. The molecule has 4 heteroatoms. The third kappa shape index (κ3) is 4.43. The lowest BCUT2D eigenvalue weighted by Gasteiger charge is -2.37. The average Bonchev–Trinajstić information content (AvgIpc) is 3.00. The number of rotatable bonds is 4. The topological polar surface area (TPSA) is 15.7 Å². The molecule has 0 radical (unpaired) electrons. The van der Waals surface area contributed by atoms with Crippen LogP contribution in [0.15, 0.2) is 12.5 Å². The number of ether oxygens (including phenoxy) is 1. The minimum Gasteiger partial charge on any atom is -0.474 e. The molecule has 0 unspecified atom stereocenters. The van der Waals surface area contributed by atoms with Crippen LogP contribution in [0.5, 0.6) is 0 Å². The number of hydrogen-bond acceptors (Lipinski definition) is 4. The Bertz CT molecular complexity index is 276. The van der Waals surface area contributed by atoms with Crippen LogP contribution < -0.4 is 0 Å². The molecule has 2 aliphatic rings. The maximum atomic E-state index is 5.81. The smallest absolute Gasteiger partial charge is 0.182 e. The predicted octanol–water partition coefficient (Wildman–Crippen LogP) is 2.70. The highest BCUT2D eigenvalue weighted by molar-refractivity contribution is 7.97. The summed E-state index contributed by atoms with van der Waals surface area (Å²) in [5, 5.41) is 0.913. The van der Waals surface area contributed by atoms with Gasteiger partial charge in [0.15, 0.2) is 5.88 Å². The van der Waals surface area contributed by atoms with Crippen molar-refractivity contribution in [3.8, 4) is 0 Å². The standard InChI is InChI=1S/C13H24N2OS/c1-11(16-13(2,3)4)14-7-9-15(10-8-14)17-12-5-6-12/h12H,1,5-10H2,2-4H3. The van der Waals surface area contributed by atoms with Gasteiger partial charge < -0.3 is 9.64 Å². The van der Waals surface area contributed by atoms with Gasteiger partial charge >= 0.3 is 0 Å². The van der Waals surface area contributed by atoms with E-state index in [2.05, 4.69) is 36.6 Å². The number of piperazine rings is 1. The van der Waals surface area contributed by atoms with Gasteiger partial charge in [0.1, 0.15) is 5.60 Å². The van der Waals surface area contributed by atoms with Gasteiger partial charge in [-0.05, 0) is 40.2 Å². The summed E-state index contributed by atoms with van der Waals surface area (Å²) in [7, 11) is 0. The van der Waals surface area contributed by atoms with Crippen LogP contribution in [-0.2, 0) is 4.74 Å². The van der Waals surface area contributed by atoms with Crippen LogP contribution in [0.25, 0.3) is 0 Å². The van der Waals surface area contributed by atoms with Gasteiger partial charge in [0, 0.05) is 31.4 Å². The van der Waals surface area contributed by atoms with Crippen LogP contribution in [0.4, 0.5) is 0 Å². The lowest BCUT2D eigenvalue weighted by Crippen LogP contribution is -2.44. The van der Waals surface area contributed by atoms with Crippen molar-refractivity contribution in [2.24, 2.45) is 0 Å². The molecule has 0 N–H and O–H groups in total. The van der Waals surface area contributed by atoms with Gasteiger partial charge in [0.05, 0.1) is 0 Å². The third-order valence-corrected chi connectivity index (χ3v) is 4.27. The number of hydrogen-bond donors (Lipinski definition) is 0. The van der Waals surface area contributed by atoms with E-state index in [1.807, 2.05) is 11.9 Å². The zero-order valence-corrected chi connectivity index (χ0v) is 12.1. The molecule has 3 nitrogen and oxygen atoms in total. The lowest BCUT2D eigenvalue weighted by atomic mass is 10.2. The van der Waals surface area contributed by atoms with E-state index in [1.165, 1.54) is 12.8 Å². The second-order valence-corrected chi connectivity index (χ2v) is 7.22. The zero-order valence-electron chi connectivity index (χ0n) is 11.2. The van der Waals surface area contributed by atoms with Crippen LogP contribution in [0.3, 0.4) is 0 Å². The first kappa shape index (κ1) is 13.1. The van der Waals surface area contributed by atoms with Gasteiger partial charge in [-0.25, -0.2) is 4.31 Å². The van der Waals surface area contributed by atoms with Gasteiger partial charge in [0.25, 0.3) is 0 Å². The molecule has 0 spiro atoms. The molecule has 1 saturated heterocycles. The molecule has 17 heavy (non-hydrogen) atoms. The first-order valence-corrected chi connectivity index (χ1v) is 7.32. The molecule has 98 valence electrons. The molecular weight excluding hydrogens is 232 g/mol. The molecule has 1 saturated carbocycles. The summed E-state index contributed by atoms with van der Waals surface area (Å²) in [6.07, 6.45) is 2.81. The van der Waals surface area contributed by atoms with Crippen LogP contribution in [0.2, 0.25) is 0 Å². The first-order valence-electron chi connectivity index (χ1n) is 6.49. The van der Waals surface area contributed by atoms with Crippen LogP contribution in [0, 0.1) is 0 Å². The Morgan fingerprint density at radius 3 is 2.24 bits per heavy atom.